The van der Waals surface area contributed by atoms with Gasteiger partial charge in [-0.05, 0) is 119 Å². The topological polar surface area (TPSA) is 71.0 Å². The number of hydrogen-bond donors (Lipinski definition) is 1. The molecule has 0 aromatic heterocycles. The van der Waals surface area contributed by atoms with Gasteiger partial charge in [-0.25, -0.2) is 4.79 Å². The summed E-state index contributed by atoms with van der Waals surface area (Å²) >= 11 is 5.51. The SMILES string of the molecule is C/C(=N\OC(=O)N(CCC1NCCC1=S)C1CCC1)[C@H]1CC[C@H]2[C@@H]3CCC4=CC(=O)CC[C@]4(C)[C@H]3CC[C@]12C. The number of nitrogens with one attached hydrogen (secondary N) is 1. The number of nitrogens with zero attached hydrogens (tertiary/aromatic N) is 2. The molecule has 39 heavy (non-hydrogen) atoms. The van der Waals surface area contributed by atoms with Gasteiger partial charge in [0.05, 0.1) is 5.71 Å². The Morgan fingerprint density at radius 1 is 1.10 bits per heavy atom. The van der Waals surface area contributed by atoms with Crippen molar-refractivity contribution in [2.24, 2.45) is 39.7 Å². The van der Waals surface area contributed by atoms with Crippen LogP contribution < -0.4 is 5.32 Å². The number of hydrogen-bond acceptors (Lipinski definition) is 6. The fourth-order valence-electron chi connectivity index (χ4n) is 9.78. The molecule has 6 rings (SSSR count). The second-order valence-electron chi connectivity index (χ2n) is 14.0. The average Bonchev–Trinajstić information content (AvgIpc) is 3.46. The zero-order chi connectivity index (χ0) is 27.4. The van der Waals surface area contributed by atoms with Gasteiger partial charge in [0.15, 0.2) is 5.78 Å². The lowest BCUT2D eigenvalue weighted by molar-refractivity contribution is -0.117. The number of allylic oxidation sites excluding steroid dienone is 1. The van der Waals surface area contributed by atoms with Crippen molar-refractivity contribution in [1.29, 1.82) is 0 Å². The number of oxime groups is 1. The second kappa shape index (κ2) is 10.7. The van der Waals surface area contributed by atoms with Crippen molar-refractivity contribution in [3.8, 4) is 0 Å². The van der Waals surface area contributed by atoms with Gasteiger partial charge in [-0.2, -0.15) is 0 Å². The van der Waals surface area contributed by atoms with Gasteiger partial charge in [0.1, 0.15) is 0 Å². The summed E-state index contributed by atoms with van der Waals surface area (Å²) in [6.45, 7) is 8.64. The van der Waals surface area contributed by atoms with Gasteiger partial charge in [0.25, 0.3) is 0 Å². The highest BCUT2D eigenvalue weighted by atomic mass is 32.1. The summed E-state index contributed by atoms with van der Waals surface area (Å²) in [5.74, 6) is 2.80. The summed E-state index contributed by atoms with van der Waals surface area (Å²) in [7, 11) is 0. The van der Waals surface area contributed by atoms with E-state index in [-0.39, 0.29) is 29.0 Å². The van der Waals surface area contributed by atoms with E-state index in [2.05, 4.69) is 31.2 Å². The van der Waals surface area contributed by atoms with Crippen LogP contribution >= 0.6 is 12.2 Å². The number of fused-ring (bicyclic) bond motifs is 5. The summed E-state index contributed by atoms with van der Waals surface area (Å²) in [4.78, 5) is 34.1. The van der Waals surface area contributed by atoms with Crippen LogP contribution in [0.1, 0.15) is 104 Å². The molecular formula is C32H47N3O3S. The maximum absolute atomic E-state index is 13.2. The third-order valence-corrected chi connectivity index (χ3v) is 12.8. The van der Waals surface area contributed by atoms with E-state index in [1.807, 2.05) is 11.0 Å². The number of ketones is 1. The molecule has 5 fully saturated rings. The molecule has 214 valence electrons. The molecule has 0 bridgehead atoms. The average molecular weight is 554 g/mol. The largest absolute Gasteiger partial charge is 0.436 e. The Hall–Kier alpha value is -1.60. The van der Waals surface area contributed by atoms with Gasteiger partial charge in [-0.1, -0.05) is 36.8 Å². The summed E-state index contributed by atoms with van der Waals surface area (Å²) < 4.78 is 0. The van der Waals surface area contributed by atoms with E-state index in [9.17, 15) is 9.59 Å². The number of carbonyl (C=O) groups excluding carboxylic acids is 2. The van der Waals surface area contributed by atoms with Crippen LogP contribution in [0.15, 0.2) is 16.8 Å². The van der Waals surface area contributed by atoms with Crippen LogP contribution in [0.4, 0.5) is 4.79 Å². The molecule has 0 aromatic carbocycles. The Kier molecular flexibility index (Phi) is 7.54. The minimum atomic E-state index is -0.294. The van der Waals surface area contributed by atoms with E-state index >= 15 is 0 Å². The fourth-order valence-corrected chi connectivity index (χ4v) is 10.1. The molecule has 1 saturated heterocycles. The molecule has 0 spiro atoms. The van der Waals surface area contributed by atoms with Crippen LogP contribution in [0.3, 0.4) is 0 Å². The van der Waals surface area contributed by atoms with E-state index in [4.69, 9.17) is 17.1 Å². The summed E-state index contributed by atoms with van der Waals surface area (Å²) in [5, 5.41) is 8.00. The minimum Gasteiger partial charge on any atom is -0.309 e. The zero-order valence-electron chi connectivity index (χ0n) is 24.2. The molecule has 7 heteroatoms. The monoisotopic (exact) mass is 553 g/mol. The number of amides is 1. The molecular weight excluding hydrogens is 506 g/mol. The molecule has 0 aromatic rings. The standard InChI is InChI=1S/C32H47N3O3S/c1-20(34-38-30(37)35(22-5-4-6-22)18-14-28-29(39)13-17-33-28)25-9-10-26-24-8-7-21-19-23(36)11-15-31(21,2)27(24)12-16-32(25,26)3/h19,22,24-28,33H,4-18H2,1-3H3/b34-20+/t24-,25+,26-,27-,28?,31-,32+/m0/s1. The van der Waals surface area contributed by atoms with Crippen molar-refractivity contribution in [2.75, 3.05) is 13.1 Å². The van der Waals surface area contributed by atoms with E-state index in [0.29, 0.717) is 36.5 Å². The van der Waals surface area contributed by atoms with Crippen molar-refractivity contribution < 1.29 is 14.4 Å². The van der Waals surface area contributed by atoms with Crippen molar-refractivity contribution in [2.45, 2.75) is 116 Å². The van der Waals surface area contributed by atoms with Crippen LogP contribution in [-0.4, -0.2) is 52.5 Å². The summed E-state index contributed by atoms with van der Waals surface area (Å²) in [6.07, 6.45) is 15.6. The molecule has 7 atom stereocenters. The van der Waals surface area contributed by atoms with Crippen LogP contribution in [-0.2, 0) is 9.63 Å². The maximum atomic E-state index is 13.2. The molecule has 1 heterocycles. The molecule has 6 nitrogen and oxygen atoms in total. The highest BCUT2D eigenvalue weighted by Gasteiger charge is 2.59. The second-order valence-corrected chi connectivity index (χ2v) is 14.5. The van der Waals surface area contributed by atoms with E-state index in [1.54, 1.807) is 0 Å². The van der Waals surface area contributed by atoms with Crippen LogP contribution in [0.5, 0.6) is 0 Å². The first-order valence-electron chi connectivity index (χ1n) is 15.7. The highest BCUT2D eigenvalue weighted by molar-refractivity contribution is 7.80. The normalized spacial score (nSPS) is 40.3. The van der Waals surface area contributed by atoms with E-state index < -0.39 is 0 Å². The lowest BCUT2D eigenvalue weighted by atomic mass is 9.46. The smallest absolute Gasteiger partial charge is 0.309 e. The summed E-state index contributed by atoms with van der Waals surface area (Å²) in [6, 6.07) is 0.502. The Morgan fingerprint density at radius 3 is 2.64 bits per heavy atom. The Bertz CT molecular complexity index is 1080. The lowest BCUT2D eigenvalue weighted by Gasteiger charge is -2.58. The van der Waals surface area contributed by atoms with Crippen LogP contribution in [0, 0.1) is 34.5 Å². The molecule has 4 saturated carbocycles. The van der Waals surface area contributed by atoms with Gasteiger partial charge in [-0.15, -0.1) is 0 Å². The Balaban J connectivity index is 1.11. The number of carbonyl (C=O) groups is 2. The predicted octanol–water partition coefficient (Wildman–Crippen LogP) is 6.62. The van der Waals surface area contributed by atoms with Crippen LogP contribution in [0.25, 0.3) is 0 Å². The first kappa shape index (κ1) is 27.6. The fraction of sp³-hybridized carbons (Fsp3) is 0.812. The first-order chi connectivity index (χ1) is 18.7. The van der Waals surface area contributed by atoms with Crippen molar-refractivity contribution in [3.63, 3.8) is 0 Å². The third-order valence-electron chi connectivity index (χ3n) is 12.3. The summed E-state index contributed by atoms with van der Waals surface area (Å²) in [5.41, 5.74) is 2.84. The third kappa shape index (κ3) is 4.83. The molecule has 5 aliphatic carbocycles. The molecule has 1 amide bonds. The predicted molar refractivity (Wildman–Crippen MR) is 158 cm³/mol. The van der Waals surface area contributed by atoms with Gasteiger partial charge in [0.2, 0.25) is 0 Å². The number of thiocarbonyl (C=S) groups is 1. The highest BCUT2D eigenvalue weighted by Crippen LogP contribution is 2.66. The Morgan fingerprint density at radius 2 is 1.92 bits per heavy atom. The quantitative estimate of drug-likeness (QED) is 0.173. The maximum Gasteiger partial charge on any atom is 0.436 e. The van der Waals surface area contributed by atoms with Crippen molar-refractivity contribution in [3.05, 3.63) is 11.6 Å². The molecule has 1 aliphatic heterocycles. The molecule has 6 aliphatic rings. The van der Waals surface area contributed by atoms with E-state index in [1.165, 1.54) is 37.7 Å². The molecule has 0 radical (unpaired) electrons. The van der Waals surface area contributed by atoms with Crippen molar-refractivity contribution in [1.82, 2.24) is 10.2 Å². The van der Waals surface area contributed by atoms with Gasteiger partial charge in [0, 0.05) is 42.4 Å². The van der Waals surface area contributed by atoms with Gasteiger partial charge >= 0.3 is 6.09 Å². The minimum absolute atomic E-state index is 0.206. The number of rotatable bonds is 6. The van der Waals surface area contributed by atoms with Crippen LogP contribution in [0.2, 0.25) is 0 Å². The van der Waals surface area contributed by atoms with Crippen molar-refractivity contribution >= 4 is 34.7 Å². The Labute approximate surface area is 239 Å². The first-order valence-corrected chi connectivity index (χ1v) is 16.1. The van der Waals surface area contributed by atoms with Gasteiger partial charge in [-0.3, -0.25) is 9.63 Å². The lowest BCUT2D eigenvalue weighted by Crippen LogP contribution is -2.51. The molecule has 1 N–H and O–H groups in total. The zero-order valence-corrected chi connectivity index (χ0v) is 25.0. The molecule has 1 unspecified atom stereocenters. The van der Waals surface area contributed by atoms with Gasteiger partial charge < -0.3 is 10.2 Å². The van der Waals surface area contributed by atoms with E-state index in [0.717, 1.165) is 68.0 Å².